The van der Waals surface area contributed by atoms with Crippen molar-refractivity contribution in [3.05, 3.63) is 46.6 Å². The smallest absolute Gasteiger partial charge is 1.00 e. The van der Waals surface area contributed by atoms with Gasteiger partial charge in [0.15, 0.2) is 0 Å². The molecular formula is C18H28Cl2GeZr-2. The summed E-state index contributed by atoms with van der Waals surface area (Å²) in [4.78, 5) is 0. The third kappa shape index (κ3) is 13.4. The van der Waals surface area contributed by atoms with E-state index < -0.39 is 0 Å². The summed E-state index contributed by atoms with van der Waals surface area (Å²) in [6, 6.07) is 0. The minimum absolute atomic E-state index is 0. The molecule has 0 aliphatic heterocycles. The predicted octanol–water partition coefficient (Wildman–Crippen LogP) is -0.544. The summed E-state index contributed by atoms with van der Waals surface area (Å²) < 4.78 is 0. The van der Waals surface area contributed by atoms with Gasteiger partial charge in [-0.2, -0.15) is 12.2 Å². The predicted molar refractivity (Wildman–Crippen MR) is 88.2 cm³/mol. The van der Waals surface area contributed by atoms with Crippen LogP contribution in [0.4, 0.5) is 0 Å². The van der Waals surface area contributed by atoms with Crippen molar-refractivity contribution in [2.45, 2.75) is 53.1 Å². The van der Waals surface area contributed by atoms with Gasteiger partial charge in [0.2, 0.25) is 0 Å². The molecule has 0 heterocycles. The maximum atomic E-state index is 3.29. The topological polar surface area (TPSA) is 0 Å². The van der Waals surface area contributed by atoms with Crippen molar-refractivity contribution < 1.29 is 46.4 Å². The first-order valence-electron chi connectivity index (χ1n) is 7.23. The Morgan fingerprint density at radius 1 is 0.818 bits per heavy atom. The summed E-state index contributed by atoms with van der Waals surface area (Å²) >= 11 is 1.80. The summed E-state index contributed by atoms with van der Waals surface area (Å²) in [6.45, 7) is 12.8. The number of hydrogen-bond donors (Lipinski definition) is 0. The van der Waals surface area contributed by atoms with E-state index in [9.17, 15) is 0 Å². The fourth-order valence-electron chi connectivity index (χ4n) is 1.99. The van der Waals surface area contributed by atoms with E-state index in [-0.39, 0.29) is 34.8 Å². The molecule has 2 atom stereocenters. The SMILES string of the molecule is CC1=[C-]C(C)C=C1C.CC1=[C-]C(C)C=C1C.[CH3][Ge]([CH3])=[Zr+2].[Cl-].[Cl-]. The second kappa shape index (κ2) is 14.3. The second-order valence-electron chi connectivity index (χ2n) is 5.82. The largest absolute Gasteiger partial charge is 1.00 e. The molecule has 22 heavy (non-hydrogen) atoms. The summed E-state index contributed by atoms with van der Waals surface area (Å²) in [6.07, 6.45) is 11.0. The van der Waals surface area contributed by atoms with Crippen LogP contribution in [0, 0.1) is 24.0 Å². The van der Waals surface area contributed by atoms with Gasteiger partial charge < -0.3 is 24.8 Å². The van der Waals surface area contributed by atoms with Gasteiger partial charge in [-0.05, 0) is 0 Å². The van der Waals surface area contributed by atoms with Crippen LogP contribution < -0.4 is 24.8 Å². The van der Waals surface area contributed by atoms with Crippen LogP contribution in [0.2, 0.25) is 11.5 Å². The van der Waals surface area contributed by atoms with Gasteiger partial charge in [0.25, 0.3) is 0 Å². The monoisotopic (exact) mass is 478 g/mol. The molecule has 2 unspecified atom stereocenters. The van der Waals surface area contributed by atoms with Crippen molar-refractivity contribution in [3.8, 4) is 0 Å². The first kappa shape index (κ1) is 27.8. The Bertz CT molecular complexity index is 395. The average Bonchev–Trinajstić information content (AvgIpc) is 2.70. The van der Waals surface area contributed by atoms with Crippen LogP contribution >= 0.6 is 0 Å². The van der Waals surface area contributed by atoms with Crippen LogP contribution in [0.5, 0.6) is 0 Å². The summed E-state index contributed by atoms with van der Waals surface area (Å²) in [5.41, 5.74) is 5.41. The van der Waals surface area contributed by atoms with Gasteiger partial charge >= 0.3 is 43.1 Å². The molecule has 4 heteroatoms. The molecule has 0 saturated heterocycles. The Morgan fingerprint density at radius 2 is 1.05 bits per heavy atom. The van der Waals surface area contributed by atoms with Crippen LogP contribution in [-0.2, 0) is 21.6 Å². The fraction of sp³-hybridized carbons (Fsp3) is 0.556. The van der Waals surface area contributed by atoms with Gasteiger partial charge in [0, 0.05) is 0 Å². The molecule has 0 fully saturated rings. The molecule has 0 aromatic carbocycles. The molecule has 2 aliphatic rings. The number of rotatable bonds is 0. The van der Waals surface area contributed by atoms with Crippen molar-refractivity contribution in [3.63, 3.8) is 0 Å². The molecule has 2 aliphatic carbocycles. The first-order chi connectivity index (χ1) is 9.13. The molecule has 124 valence electrons. The summed E-state index contributed by atoms with van der Waals surface area (Å²) in [5, 5.41) is 0. The van der Waals surface area contributed by atoms with E-state index in [1.807, 2.05) is 0 Å². The van der Waals surface area contributed by atoms with Gasteiger partial charge in [0.05, 0.1) is 0 Å². The molecule has 0 N–H and O–H groups in total. The van der Waals surface area contributed by atoms with E-state index in [1.165, 1.54) is 22.3 Å². The molecule has 2 rings (SSSR count). The zero-order chi connectivity index (χ0) is 15.9. The zero-order valence-corrected chi connectivity index (χ0v) is 21.1. The number of hydrogen-bond acceptors (Lipinski definition) is 0. The van der Waals surface area contributed by atoms with Crippen LogP contribution in [0.15, 0.2) is 34.4 Å². The van der Waals surface area contributed by atoms with Crippen LogP contribution in [0.1, 0.15) is 41.5 Å². The molecule has 0 radical (unpaired) electrons. The maximum absolute atomic E-state index is 3.29. The van der Waals surface area contributed by atoms with Gasteiger partial charge in [-0.1, -0.05) is 39.5 Å². The van der Waals surface area contributed by atoms with Crippen LogP contribution in [0.3, 0.4) is 0 Å². The number of allylic oxidation sites excluding steroid dienone is 8. The molecule has 0 aromatic rings. The standard InChI is InChI=1S/2C8H11.C2H6Ge.2ClH.Zr/c2*1-6-4-7(2)8(3)5-6;1-3-2;;;/h2*4,6H,1-3H3;1-2H3;2*1H;/q2*-1;;;;+2/p-2. The fourth-order valence-corrected chi connectivity index (χ4v) is 1.99. The maximum Gasteiger partial charge on any atom is -1.00 e. The molecule has 0 amide bonds. The zero-order valence-electron chi connectivity index (χ0n) is 15.1. The van der Waals surface area contributed by atoms with Gasteiger partial charge in [-0.25, -0.2) is 22.3 Å². The van der Waals surface area contributed by atoms with Gasteiger partial charge in [-0.15, -0.1) is 13.8 Å². The Balaban J connectivity index is -0.000000249. The van der Waals surface area contributed by atoms with Crippen molar-refractivity contribution in [2.75, 3.05) is 0 Å². The average molecular weight is 479 g/mol. The molecule has 0 nitrogen and oxygen atoms in total. The van der Waals surface area contributed by atoms with Crippen molar-refractivity contribution in [2.24, 2.45) is 11.8 Å². The van der Waals surface area contributed by atoms with E-state index in [2.05, 4.69) is 77.4 Å². The van der Waals surface area contributed by atoms with Gasteiger partial charge in [0.1, 0.15) is 0 Å². The van der Waals surface area contributed by atoms with E-state index in [4.69, 9.17) is 0 Å². The Kier molecular flexibility index (Phi) is 18.1. The van der Waals surface area contributed by atoms with E-state index >= 15 is 0 Å². The molecular weight excluding hydrogens is 451 g/mol. The third-order valence-electron chi connectivity index (χ3n) is 3.07. The Labute approximate surface area is 166 Å². The summed E-state index contributed by atoms with van der Waals surface area (Å²) in [5.74, 6) is 5.85. The molecule has 0 bridgehead atoms. The van der Waals surface area contributed by atoms with E-state index in [0.29, 0.717) is 11.8 Å². The minimum atomic E-state index is -0.243. The second-order valence-corrected chi connectivity index (χ2v) is 22.8. The Morgan fingerprint density at radius 3 is 1.09 bits per heavy atom. The quantitative estimate of drug-likeness (QED) is 0.324. The normalized spacial score (nSPS) is 21.4. The first-order valence-corrected chi connectivity index (χ1v) is 18.9. The van der Waals surface area contributed by atoms with Crippen molar-refractivity contribution in [1.82, 2.24) is 0 Å². The van der Waals surface area contributed by atoms with Gasteiger partial charge in [-0.3, -0.25) is 12.2 Å². The molecule has 0 aromatic heterocycles. The van der Waals surface area contributed by atoms with E-state index in [0.717, 1.165) is 0 Å². The minimum Gasteiger partial charge on any atom is -1.00 e. The van der Waals surface area contributed by atoms with Crippen LogP contribution in [0.25, 0.3) is 0 Å². The van der Waals surface area contributed by atoms with Crippen molar-refractivity contribution in [1.29, 1.82) is 0 Å². The molecule has 0 spiro atoms. The van der Waals surface area contributed by atoms with Crippen LogP contribution in [-0.4, -0.2) is 9.98 Å². The third-order valence-corrected chi connectivity index (χ3v) is 3.07. The van der Waals surface area contributed by atoms with E-state index in [1.54, 1.807) is 21.6 Å². The number of halogens is 2. The Hall–Kier alpha value is 0.966. The summed E-state index contributed by atoms with van der Waals surface area (Å²) in [7, 11) is -0.243. The molecule has 0 saturated carbocycles. The van der Waals surface area contributed by atoms with Crippen molar-refractivity contribution >= 4 is 9.98 Å².